The number of nitrogens with zero attached hydrogens (tertiary/aromatic N) is 3. The van der Waals surface area contributed by atoms with Crippen LogP contribution in [0.2, 0.25) is 4.34 Å². The third kappa shape index (κ3) is 4.19. The number of amides is 1. The van der Waals surface area contributed by atoms with Gasteiger partial charge in [-0.2, -0.15) is 0 Å². The van der Waals surface area contributed by atoms with Gasteiger partial charge in [0.1, 0.15) is 21.7 Å². The molecule has 9 heteroatoms. The van der Waals surface area contributed by atoms with Crippen molar-refractivity contribution < 1.29 is 14.3 Å². The van der Waals surface area contributed by atoms with Crippen molar-refractivity contribution in [1.82, 2.24) is 9.88 Å². The highest BCUT2D eigenvalue weighted by atomic mass is 35.5. The first-order valence-electron chi connectivity index (χ1n) is 8.18. The molecular formula is C18H20ClN3O3S2. The van der Waals surface area contributed by atoms with E-state index in [1.165, 1.54) is 22.7 Å². The van der Waals surface area contributed by atoms with Gasteiger partial charge in [-0.1, -0.05) is 22.9 Å². The lowest BCUT2D eigenvalue weighted by molar-refractivity contribution is 0.0989. The van der Waals surface area contributed by atoms with Crippen LogP contribution < -0.4 is 14.4 Å². The van der Waals surface area contributed by atoms with Crippen LogP contribution in [0.1, 0.15) is 9.67 Å². The Morgan fingerprint density at radius 1 is 1.07 bits per heavy atom. The smallest absolute Gasteiger partial charge is 0.270 e. The molecule has 0 saturated carbocycles. The molecule has 0 atom stereocenters. The average molecular weight is 426 g/mol. The summed E-state index contributed by atoms with van der Waals surface area (Å²) in [7, 11) is 7.15. The summed E-state index contributed by atoms with van der Waals surface area (Å²) in [5.41, 5.74) is 0.684. The molecule has 144 valence electrons. The molecule has 2 heterocycles. The van der Waals surface area contributed by atoms with Crippen molar-refractivity contribution in [3.8, 4) is 11.5 Å². The molecule has 1 aromatic carbocycles. The van der Waals surface area contributed by atoms with E-state index in [1.54, 1.807) is 31.3 Å². The molecule has 0 aliphatic heterocycles. The number of aromatic nitrogens is 1. The van der Waals surface area contributed by atoms with Gasteiger partial charge in [-0.05, 0) is 38.4 Å². The predicted molar refractivity (Wildman–Crippen MR) is 112 cm³/mol. The van der Waals surface area contributed by atoms with E-state index in [4.69, 9.17) is 26.1 Å². The highest BCUT2D eigenvalue weighted by Gasteiger charge is 2.24. The summed E-state index contributed by atoms with van der Waals surface area (Å²) >= 11 is 8.69. The molecule has 27 heavy (non-hydrogen) atoms. The van der Waals surface area contributed by atoms with Crippen molar-refractivity contribution in [3.63, 3.8) is 0 Å². The average Bonchev–Trinajstić information content (AvgIpc) is 3.27. The van der Waals surface area contributed by atoms with Gasteiger partial charge in [0, 0.05) is 13.1 Å². The number of halogens is 1. The molecule has 0 N–H and O–H groups in total. The quantitative estimate of drug-likeness (QED) is 0.566. The Balaban J connectivity index is 2.07. The standard InChI is InChI=1S/C18H20ClN3O3S2/c1-21(2)9-10-22(17(23)13-7-8-14(19)26-13)18-20-15-11(24-3)5-6-12(25-4)16(15)27-18/h5-8H,9-10H2,1-4H3. The minimum Gasteiger partial charge on any atom is -0.495 e. The zero-order valence-electron chi connectivity index (χ0n) is 15.5. The van der Waals surface area contributed by atoms with E-state index in [2.05, 4.69) is 0 Å². The van der Waals surface area contributed by atoms with Crippen LogP contribution >= 0.6 is 34.3 Å². The number of hydrogen-bond donors (Lipinski definition) is 0. The number of benzene rings is 1. The number of carbonyl (C=O) groups excluding carboxylic acids is 1. The van der Waals surface area contributed by atoms with Crippen molar-refractivity contribution in [2.24, 2.45) is 0 Å². The summed E-state index contributed by atoms with van der Waals surface area (Å²) in [5.74, 6) is 1.23. The fourth-order valence-corrected chi connectivity index (χ4v) is 4.63. The minimum atomic E-state index is -0.120. The normalized spacial score (nSPS) is 11.2. The number of anilines is 1. The maximum atomic E-state index is 13.1. The summed E-state index contributed by atoms with van der Waals surface area (Å²) in [5, 5.41) is 0.601. The van der Waals surface area contributed by atoms with E-state index in [0.29, 0.717) is 44.5 Å². The number of methoxy groups -OCH3 is 2. The molecule has 1 amide bonds. The van der Waals surface area contributed by atoms with Gasteiger partial charge in [0.15, 0.2) is 5.13 Å². The molecule has 0 aliphatic carbocycles. The summed E-state index contributed by atoms with van der Waals surface area (Å²) in [4.78, 5) is 22.1. The van der Waals surface area contributed by atoms with Gasteiger partial charge in [-0.3, -0.25) is 9.69 Å². The van der Waals surface area contributed by atoms with Crippen molar-refractivity contribution >= 4 is 55.5 Å². The van der Waals surface area contributed by atoms with Crippen LogP contribution in [-0.2, 0) is 0 Å². The number of carbonyl (C=O) groups is 1. The maximum Gasteiger partial charge on any atom is 0.270 e. The van der Waals surface area contributed by atoms with Gasteiger partial charge < -0.3 is 14.4 Å². The minimum absolute atomic E-state index is 0.120. The lowest BCUT2D eigenvalue weighted by atomic mass is 10.3. The molecule has 0 spiro atoms. The van der Waals surface area contributed by atoms with E-state index in [9.17, 15) is 4.79 Å². The largest absolute Gasteiger partial charge is 0.495 e. The molecule has 0 bridgehead atoms. The fraction of sp³-hybridized carbons (Fsp3) is 0.333. The lowest BCUT2D eigenvalue weighted by Gasteiger charge is -2.21. The van der Waals surface area contributed by atoms with Crippen molar-refractivity contribution in [1.29, 1.82) is 0 Å². The van der Waals surface area contributed by atoms with Gasteiger partial charge in [0.05, 0.1) is 23.4 Å². The molecule has 0 radical (unpaired) electrons. The number of rotatable bonds is 7. The highest BCUT2D eigenvalue weighted by molar-refractivity contribution is 7.23. The van der Waals surface area contributed by atoms with Crippen molar-refractivity contribution in [3.05, 3.63) is 33.5 Å². The second-order valence-electron chi connectivity index (χ2n) is 6.01. The highest BCUT2D eigenvalue weighted by Crippen LogP contribution is 2.40. The first-order chi connectivity index (χ1) is 12.9. The van der Waals surface area contributed by atoms with Crippen LogP contribution in [0.4, 0.5) is 5.13 Å². The number of fused-ring (bicyclic) bond motifs is 1. The number of hydrogen-bond acceptors (Lipinski definition) is 7. The summed E-state index contributed by atoms with van der Waals surface area (Å²) in [6.45, 7) is 1.21. The second kappa shape index (κ2) is 8.43. The molecule has 3 rings (SSSR count). The van der Waals surface area contributed by atoms with Gasteiger partial charge in [0.2, 0.25) is 0 Å². The molecule has 6 nitrogen and oxygen atoms in total. The topological polar surface area (TPSA) is 54.9 Å². The predicted octanol–water partition coefficient (Wildman–Crippen LogP) is 4.24. The summed E-state index contributed by atoms with van der Waals surface area (Å²) in [6.07, 6.45) is 0. The Kier molecular flexibility index (Phi) is 6.21. The van der Waals surface area contributed by atoms with Crippen LogP contribution in [-0.4, -0.2) is 57.2 Å². The zero-order chi connectivity index (χ0) is 19.6. The van der Waals surface area contributed by atoms with Gasteiger partial charge in [-0.25, -0.2) is 4.98 Å². The second-order valence-corrected chi connectivity index (χ2v) is 8.70. The number of likely N-dealkylation sites (N-methyl/N-ethyl adjacent to an activating group) is 1. The Morgan fingerprint density at radius 3 is 2.37 bits per heavy atom. The van der Waals surface area contributed by atoms with Crippen LogP contribution in [0.3, 0.4) is 0 Å². The van der Waals surface area contributed by atoms with Gasteiger partial charge in [0.25, 0.3) is 5.91 Å². The Hall–Kier alpha value is -1.87. The van der Waals surface area contributed by atoms with Crippen LogP contribution in [0, 0.1) is 0 Å². The summed E-state index contributed by atoms with van der Waals surface area (Å²) in [6, 6.07) is 7.13. The van der Waals surface area contributed by atoms with Gasteiger partial charge >= 0.3 is 0 Å². The number of ether oxygens (including phenoxy) is 2. The number of thiazole rings is 1. The Labute approximate surface area is 170 Å². The molecule has 0 unspecified atom stereocenters. The molecule has 2 aromatic heterocycles. The Morgan fingerprint density at radius 2 is 1.78 bits per heavy atom. The van der Waals surface area contributed by atoms with Gasteiger partial charge in [-0.15, -0.1) is 11.3 Å². The van der Waals surface area contributed by atoms with E-state index in [0.717, 1.165) is 4.70 Å². The Bertz CT molecular complexity index is 914. The first kappa shape index (κ1) is 19.9. The van der Waals surface area contributed by atoms with Crippen LogP contribution in [0.15, 0.2) is 24.3 Å². The summed E-state index contributed by atoms with van der Waals surface area (Å²) < 4.78 is 12.3. The molecule has 3 aromatic rings. The van der Waals surface area contributed by atoms with Crippen molar-refractivity contribution in [2.45, 2.75) is 0 Å². The SMILES string of the molecule is COc1ccc(OC)c2sc(N(CCN(C)C)C(=O)c3ccc(Cl)s3)nc12. The van der Waals surface area contributed by atoms with Crippen molar-refractivity contribution in [2.75, 3.05) is 46.3 Å². The molecule has 0 saturated heterocycles. The third-order valence-corrected chi connectivity index (χ3v) is 6.24. The van der Waals surface area contributed by atoms with E-state index in [1.807, 2.05) is 31.1 Å². The lowest BCUT2D eigenvalue weighted by Crippen LogP contribution is -2.36. The van der Waals surface area contributed by atoms with E-state index < -0.39 is 0 Å². The molecule has 0 aliphatic rings. The third-order valence-electron chi connectivity index (χ3n) is 3.93. The van der Waals surface area contributed by atoms with E-state index in [-0.39, 0.29) is 5.91 Å². The van der Waals surface area contributed by atoms with E-state index >= 15 is 0 Å². The monoisotopic (exact) mass is 425 g/mol. The fourth-order valence-electron chi connectivity index (χ4n) is 2.54. The van der Waals surface area contributed by atoms with Crippen LogP contribution in [0.25, 0.3) is 10.2 Å². The first-order valence-corrected chi connectivity index (χ1v) is 10.2. The maximum absolute atomic E-state index is 13.1. The van der Waals surface area contributed by atoms with Crippen LogP contribution in [0.5, 0.6) is 11.5 Å². The zero-order valence-corrected chi connectivity index (χ0v) is 17.9. The molecule has 0 fully saturated rings. The number of thiophene rings is 1. The molecular weight excluding hydrogens is 406 g/mol.